The molecule has 0 N–H and O–H groups in total. The van der Waals surface area contributed by atoms with Crippen molar-refractivity contribution in [1.82, 2.24) is 0 Å². The van der Waals surface area contributed by atoms with Crippen molar-refractivity contribution >= 4 is 6.47 Å². The molecule has 5 nitrogen and oxygen atoms in total. The second-order valence-corrected chi connectivity index (χ2v) is 10.9. The highest BCUT2D eigenvalue weighted by Crippen LogP contribution is 2.69. The number of fused-ring (bicyclic) bond motifs is 5. The summed E-state index contributed by atoms with van der Waals surface area (Å²) in [7, 11) is 0. The molecule has 0 aromatic carbocycles. The van der Waals surface area contributed by atoms with Crippen molar-refractivity contribution in [3.63, 3.8) is 0 Å². The van der Waals surface area contributed by atoms with Crippen LogP contribution in [0.4, 0.5) is 0 Å². The van der Waals surface area contributed by atoms with Crippen LogP contribution in [0, 0.1) is 28.6 Å². The number of ether oxygens (including phenoxy) is 2. The number of carbonyl (C=O) groups is 1. The first-order valence-electron chi connectivity index (χ1n) is 11.6. The van der Waals surface area contributed by atoms with Crippen LogP contribution >= 0.6 is 0 Å². The molecule has 1 aromatic rings. The van der Waals surface area contributed by atoms with Gasteiger partial charge in [-0.15, -0.1) is 0 Å². The molecule has 5 rings (SSSR count). The number of rotatable bonds is 3. The summed E-state index contributed by atoms with van der Waals surface area (Å²) in [6.45, 7) is 8.57. The summed E-state index contributed by atoms with van der Waals surface area (Å²) in [5.74, 6) is 2.08. The summed E-state index contributed by atoms with van der Waals surface area (Å²) in [4.78, 5) is 22.3. The van der Waals surface area contributed by atoms with E-state index in [1.54, 1.807) is 6.26 Å². The van der Waals surface area contributed by atoms with Gasteiger partial charge in [-0.25, -0.2) is 4.79 Å². The van der Waals surface area contributed by atoms with Gasteiger partial charge in [-0.05, 0) is 86.7 Å². The first-order valence-corrected chi connectivity index (χ1v) is 11.6. The Balaban J connectivity index is 1.43. The zero-order valence-electron chi connectivity index (χ0n) is 18.4. The standard InChI is InChI=1S/C25H34O5/c1-23-10-8-18(29-15-26)12-17(23)5-6-20-19(23)9-11-24(2)21(14-30-25(20,24)3)16-4-7-22(27)28-13-16/h4,7,13,15,17-21H,5-6,8-12,14H2,1-3H3/t17-,18+,19+,20-,21-,23+,24-,25+/m1/s1. The van der Waals surface area contributed by atoms with E-state index in [2.05, 4.69) is 20.8 Å². The zero-order valence-corrected chi connectivity index (χ0v) is 18.4. The number of carbonyl (C=O) groups excluding carboxylic acids is 1. The van der Waals surface area contributed by atoms with E-state index in [-0.39, 0.29) is 28.7 Å². The summed E-state index contributed by atoms with van der Waals surface area (Å²) in [6.07, 6.45) is 9.60. The van der Waals surface area contributed by atoms with Gasteiger partial charge >= 0.3 is 5.63 Å². The predicted molar refractivity (Wildman–Crippen MR) is 112 cm³/mol. The van der Waals surface area contributed by atoms with Crippen molar-refractivity contribution in [1.29, 1.82) is 0 Å². The van der Waals surface area contributed by atoms with E-state index in [1.807, 2.05) is 6.07 Å². The largest absolute Gasteiger partial charge is 0.465 e. The van der Waals surface area contributed by atoms with E-state index in [1.165, 1.54) is 25.3 Å². The van der Waals surface area contributed by atoms with Crippen molar-refractivity contribution in [3.8, 4) is 0 Å². The van der Waals surface area contributed by atoms with E-state index >= 15 is 0 Å². The van der Waals surface area contributed by atoms with Gasteiger partial charge in [-0.1, -0.05) is 13.8 Å². The second-order valence-electron chi connectivity index (χ2n) is 10.9. The normalized spacial score (nSPS) is 47.6. The number of hydrogen-bond acceptors (Lipinski definition) is 5. The second kappa shape index (κ2) is 6.94. The molecule has 4 fully saturated rings. The van der Waals surface area contributed by atoms with E-state index in [0.29, 0.717) is 36.2 Å². The van der Waals surface area contributed by atoms with Gasteiger partial charge in [0.25, 0.3) is 6.47 Å². The third-order valence-electron chi connectivity index (χ3n) is 10.2. The van der Waals surface area contributed by atoms with Crippen molar-refractivity contribution in [2.24, 2.45) is 28.6 Å². The van der Waals surface area contributed by atoms with Crippen LogP contribution in [0.1, 0.15) is 77.2 Å². The Morgan fingerprint density at radius 1 is 1.07 bits per heavy atom. The van der Waals surface area contributed by atoms with Crippen molar-refractivity contribution in [2.75, 3.05) is 6.61 Å². The maximum absolute atomic E-state index is 11.5. The van der Waals surface area contributed by atoms with Crippen LogP contribution in [0.15, 0.2) is 27.6 Å². The van der Waals surface area contributed by atoms with Gasteiger partial charge in [0.05, 0.1) is 18.5 Å². The van der Waals surface area contributed by atoms with Gasteiger partial charge in [0.2, 0.25) is 0 Å². The molecule has 2 heterocycles. The van der Waals surface area contributed by atoms with Crippen LogP contribution in [-0.4, -0.2) is 24.8 Å². The molecule has 0 spiro atoms. The molecule has 30 heavy (non-hydrogen) atoms. The molecule has 1 aliphatic heterocycles. The molecule has 0 unspecified atom stereocenters. The van der Waals surface area contributed by atoms with E-state index in [9.17, 15) is 9.59 Å². The molecule has 0 amide bonds. The molecule has 0 radical (unpaired) electrons. The first kappa shape index (κ1) is 20.3. The number of hydrogen-bond donors (Lipinski definition) is 0. The Hall–Kier alpha value is -1.62. The van der Waals surface area contributed by atoms with Crippen LogP contribution in [0.25, 0.3) is 0 Å². The van der Waals surface area contributed by atoms with E-state index in [0.717, 1.165) is 31.2 Å². The molecule has 5 heteroatoms. The summed E-state index contributed by atoms with van der Waals surface area (Å²) in [5, 5.41) is 0. The van der Waals surface area contributed by atoms with Gasteiger partial charge in [0.1, 0.15) is 6.10 Å². The highest BCUT2D eigenvalue weighted by atomic mass is 16.5. The summed E-state index contributed by atoms with van der Waals surface area (Å²) < 4.78 is 17.3. The van der Waals surface area contributed by atoms with E-state index < -0.39 is 0 Å². The Morgan fingerprint density at radius 3 is 2.63 bits per heavy atom. The average Bonchev–Trinajstić information content (AvgIpc) is 3.01. The molecule has 3 saturated carbocycles. The molecule has 3 aliphatic carbocycles. The van der Waals surface area contributed by atoms with Crippen LogP contribution in [0.5, 0.6) is 0 Å². The molecule has 1 saturated heterocycles. The van der Waals surface area contributed by atoms with Gasteiger partial charge < -0.3 is 13.9 Å². The average molecular weight is 415 g/mol. The van der Waals surface area contributed by atoms with Crippen LogP contribution in [0.3, 0.4) is 0 Å². The summed E-state index contributed by atoms with van der Waals surface area (Å²) in [5.41, 5.74) is 0.966. The van der Waals surface area contributed by atoms with Crippen LogP contribution in [-0.2, 0) is 14.3 Å². The van der Waals surface area contributed by atoms with Crippen LogP contribution in [0.2, 0.25) is 0 Å². The maximum atomic E-state index is 11.5. The van der Waals surface area contributed by atoms with Gasteiger partial charge in [-0.2, -0.15) is 0 Å². The lowest BCUT2D eigenvalue weighted by Gasteiger charge is -2.63. The van der Waals surface area contributed by atoms with Gasteiger partial charge in [-0.3, -0.25) is 4.79 Å². The predicted octanol–water partition coefficient (Wildman–Crippen LogP) is 4.69. The van der Waals surface area contributed by atoms with Crippen molar-refractivity contribution in [3.05, 3.63) is 34.4 Å². The third-order valence-corrected chi connectivity index (χ3v) is 10.2. The minimum absolute atomic E-state index is 0.0368. The lowest BCUT2D eigenvalue weighted by Crippen LogP contribution is -2.61. The molecule has 1 aromatic heterocycles. The third kappa shape index (κ3) is 2.70. The fourth-order valence-corrected chi connectivity index (χ4v) is 8.14. The Morgan fingerprint density at radius 2 is 1.90 bits per heavy atom. The van der Waals surface area contributed by atoms with Crippen LogP contribution < -0.4 is 5.63 Å². The minimum Gasteiger partial charge on any atom is -0.465 e. The van der Waals surface area contributed by atoms with Gasteiger partial charge in [0, 0.05) is 17.4 Å². The fourth-order valence-electron chi connectivity index (χ4n) is 8.14. The summed E-state index contributed by atoms with van der Waals surface area (Å²) >= 11 is 0. The van der Waals surface area contributed by atoms with Crippen molar-refractivity contribution < 1.29 is 18.7 Å². The van der Waals surface area contributed by atoms with E-state index in [4.69, 9.17) is 13.9 Å². The Labute approximate surface area is 178 Å². The first-order chi connectivity index (χ1) is 14.3. The quantitative estimate of drug-likeness (QED) is 0.672. The highest BCUT2D eigenvalue weighted by molar-refractivity contribution is 5.37. The van der Waals surface area contributed by atoms with Gasteiger partial charge in [0.15, 0.2) is 0 Å². The molecular weight excluding hydrogens is 380 g/mol. The lowest BCUT2D eigenvalue weighted by atomic mass is 9.42. The topological polar surface area (TPSA) is 65.7 Å². The minimum atomic E-state index is -0.297. The monoisotopic (exact) mass is 414 g/mol. The molecule has 8 atom stereocenters. The Bertz CT molecular complexity index is 858. The maximum Gasteiger partial charge on any atom is 0.335 e. The Kier molecular flexibility index (Phi) is 4.70. The molecular formula is C25H34O5. The molecule has 4 aliphatic rings. The fraction of sp³-hybridized carbons (Fsp3) is 0.760. The van der Waals surface area contributed by atoms with Crippen molar-refractivity contribution in [2.45, 2.75) is 83.3 Å². The zero-order chi connectivity index (χ0) is 21.1. The SMILES string of the molecule is C[C@]12CC[C@H](OC=O)C[C@H]1CC[C@@H]1[C@@H]2CC[C@]2(C)[C@@H](c3ccc(=O)oc3)CO[C@@]12C. The lowest BCUT2D eigenvalue weighted by molar-refractivity contribution is -0.195. The summed E-state index contributed by atoms with van der Waals surface area (Å²) in [6, 6.07) is 3.46. The molecule has 164 valence electrons. The smallest absolute Gasteiger partial charge is 0.335 e. The highest BCUT2D eigenvalue weighted by Gasteiger charge is 2.67. The molecule has 0 bridgehead atoms.